The van der Waals surface area contributed by atoms with E-state index < -0.39 is 8.80 Å². The second-order valence-corrected chi connectivity index (χ2v) is 7.67. The van der Waals surface area contributed by atoms with Crippen LogP contribution in [0.1, 0.15) is 27.7 Å². The second-order valence-electron chi connectivity index (χ2n) is 5.22. The summed E-state index contributed by atoms with van der Waals surface area (Å²) in [6.07, 6.45) is 0.530. The molecule has 0 unspecified atom stereocenters. The van der Waals surface area contributed by atoms with Crippen molar-refractivity contribution in [2.24, 2.45) is 0 Å². The smallest absolute Gasteiger partial charge is 0.114 e. The molecule has 0 heterocycles. The molecule has 0 aliphatic carbocycles. The molecule has 117 valence electrons. The molecule has 2 nitrogen and oxygen atoms in total. The monoisotopic (exact) mass is 303 g/mol. The molecular formula is C18H31N2Si. The molecule has 0 saturated carbocycles. The summed E-state index contributed by atoms with van der Waals surface area (Å²) in [6.45, 7) is 17.6. The van der Waals surface area contributed by atoms with Gasteiger partial charge in [0, 0.05) is 0 Å². The molecule has 0 N–H and O–H groups in total. The van der Waals surface area contributed by atoms with Crippen LogP contribution in [0.25, 0.3) is 0 Å². The Labute approximate surface area is 133 Å². The maximum absolute atomic E-state index is 4.12. The standard InChI is InChI=1S/C18H31N2Si/c1-6-19(7-2)18(20(8-3)9-4)16-21(10-5)17-14-12-11-13-15-17/h10-15,18H,5-9,16H2,1-4H3. The topological polar surface area (TPSA) is 6.48 Å². The first-order chi connectivity index (χ1) is 10.2. The normalized spacial score (nSPS) is 11.8. The molecule has 0 aromatic heterocycles. The summed E-state index contributed by atoms with van der Waals surface area (Å²) in [7, 11) is -0.708. The van der Waals surface area contributed by atoms with Crippen molar-refractivity contribution in [1.82, 2.24) is 9.80 Å². The zero-order valence-corrected chi connectivity index (χ0v) is 15.2. The van der Waals surface area contributed by atoms with Crippen molar-refractivity contribution in [3.8, 4) is 0 Å². The Morgan fingerprint density at radius 2 is 1.43 bits per heavy atom. The van der Waals surface area contributed by atoms with Crippen LogP contribution in [0.15, 0.2) is 42.6 Å². The largest absolute Gasteiger partial charge is 0.289 e. The summed E-state index contributed by atoms with van der Waals surface area (Å²) in [6, 6.07) is 12.1. The van der Waals surface area contributed by atoms with Crippen LogP contribution >= 0.6 is 0 Å². The van der Waals surface area contributed by atoms with Crippen LogP contribution < -0.4 is 5.19 Å². The van der Waals surface area contributed by atoms with Gasteiger partial charge in [-0.2, -0.15) is 0 Å². The fraction of sp³-hybridized carbons (Fsp3) is 0.556. The van der Waals surface area contributed by atoms with Crippen molar-refractivity contribution < 1.29 is 0 Å². The predicted octanol–water partition coefficient (Wildman–Crippen LogP) is 3.12. The van der Waals surface area contributed by atoms with Gasteiger partial charge in [0.25, 0.3) is 0 Å². The van der Waals surface area contributed by atoms with Crippen molar-refractivity contribution in [2.45, 2.75) is 39.9 Å². The second kappa shape index (κ2) is 9.93. The zero-order chi connectivity index (χ0) is 15.7. The minimum Gasteiger partial charge on any atom is -0.289 e. The van der Waals surface area contributed by atoms with Crippen LogP contribution in [0.2, 0.25) is 6.04 Å². The van der Waals surface area contributed by atoms with Crippen molar-refractivity contribution in [3.05, 3.63) is 42.6 Å². The lowest BCUT2D eigenvalue weighted by molar-refractivity contribution is 0.0709. The summed E-state index contributed by atoms with van der Waals surface area (Å²) < 4.78 is 0. The lowest BCUT2D eigenvalue weighted by Gasteiger charge is -2.39. The van der Waals surface area contributed by atoms with E-state index in [1.807, 2.05) is 0 Å². The van der Waals surface area contributed by atoms with Gasteiger partial charge in [0.2, 0.25) is 0 Å². The number of rotatable bonds is 10. The van der Waals surface area contributed by atoms with Gasteiger partial charge in [-0.3, -0.25) is 9.80 Å². The van der Waals surface area contributed by atoms with Gasteiger partial charge in [0.15, 0.2) is 0 Å². The van der Waals surface area contributed by atoms with E-state index in [0.717, 1.165) is 26.2 Å². The first-order valence-electron chi connectivity index (χ1n) is 8.23. The van der Waals surface area contributed by atoms with Gasteiger partial charge in [-0.05, 0) is 32.2 Å². The first-order valence-corrected chi connectivity index (χ1v) is 10.0. The highest BCUT2D eigenvalue weighted by molar-refractivity contribution is 6.77. The fourth-order valence-corrected chi connectivity index (χ4v) is 5.12. The van der Waals surface area contributed by atoms with E-state index in [9.17, 15) is 0 Å². The summed E-state index contributed by atoms with van der Waals surface area (Å²) >= 11 is 0. The Morgan fingerprint density at radius 3 is 1.81 bits per heavy atom. The third-order valence-electron chi connectivity index (χ3n) is 4.26. The average molecular weight is 304 g/mol. The fourth-order valence-electron chi connectivity index (χ4n) is 2.95. The molecule has 0 aliphatic heterocycles. The molecule has 0 saturated heterocycles. The van der Waals surface area contributed by atoms with E-state index in [1.165, 1.54) is 11.2 Å². The molecule has 1 aromatic rings. The Balaban J connectivity index is 2.94. The lowest BCUT2D eigenvalue weighted by atomic mass is 10.3. The van der Waals surface area contributed by atoms with Crippen LogP contribution in [0, 0.1) is 0 Å². The van der Waals surface area contributed by atoms with E-state index >= 15 is 0 Å². The molecule has 21 heavy (non-hydrogen) atoms. The van der Waals surface area contributed by atoms with Crippen LogP contribution in [-0.2, 0) is 0 Å². The third-order valence-corrected chi connectivity index (χ3v) is 6.63. The minimum absolute atomic E-state index is 0.530. The molecule has 0 spiro atoms. The van der Waals surface area contributed by atoms with E-state index in [4.69, 9.17) is 0 Å². The average Bonchev–Trinajstić information content (AvgIpc) is 2.54. The molecule has 0 bridgehead atoms. The third kappa shape index (κ3) is 5.10. The Morgan fingerprint density at radius 1 is 0.952 bits per heavy atom. The SMILES string of the molecule is C=C[Si](CC(N(CC)CC)N(CC)CC)c1ccccc1. The highest BCUT2D eigenvalue weighted by Crippen LogP contribution is 2.14. The quantitative estimate of drug-likeness (QED) is 0.484. The van der Waals surface area contributed by atoms with Crippen molar-refractivity contribution in [1.29, 1.82) is 0 Å². The number of nitrogens with zero attached hydrogens (tertiary/aromatic N) is 2. The van der Waals surface area contributed by atoms with Gasteiger partial charge in [-0.15, -0.1) is 6.58 Å². The summed E-state index contributed by atoms with van der Waals surface area (Å²) in [5, 5.41) is 1.47. The molecule has 0 fully saturated rings. The highest BCUT2D eigenvalue weighted by Gasteiger charge is 2.25. The van der Waals surface area contributed by atoms with E-state index in [1.54, 1.807) is 0 Å². The van der Waals surface area contributed by atoms with Crippen LogP contribution in [0.5, 0.6) is 0 Å². The minimum atomic E-state index is -0.708. The molecule has 0 atom stereocenters. The molecule has 3 heteroatoms. The summed E-state index contributed by atoms with van der Waals surface area (Å²) in [4.78, 5) is 5.17. The van der Waals surface area contributed by atoms with Gasteiger partial charge in [-0.25, -0.2) is 0 Å². The van der Waals surface area contributed by atoms with E-state index in [0.29, 0.717) is 6.17 Å². The van der Waals surface area contributed by atoms with Crippen molar-refractivity contribution in [3.63, 3.8) is 0 Å². The molecule has 1 aromatic carbocycles. The Kier molecular flexibility index (Phi) is 8.58. The molecule has 0 amide bonds. The number of hydrogen-bond donors (Lipinski definition) is 0. The van der Waals surface area contributed by atoms with Crippen LogP contribution in [0.4, 0.5) is 0 Å². The molecular weight excluding hydrogens is 272 g/mol. The van der Waals surface area contributed by atoms with Gasteiger partial charge in [0.05, 0.1) is 6.17 Å². The number of hydrogen-bond acceptors (Lipinski definition) is 2. The number of benzene rings is 1. The van der Waals surface area contributed by atoms with Crippen LogP contribution in [-0.4, -0.2) is 50.9 Å². The first kappa shape index (κ1) is 18.1. The zero-order valence-electron chi connectivity index (χ0n) is 14.2. The summed E-state index contributed by atoms with van der Waals surface area (Å²) in [5.41, 5.74) is 2.21. The van der Waals surface area contributed by atoms with Crippen LogP contribution in [0.3, 0.4) is 0 Å². The highest BCUT2D eigenvalue weighted by atomic mass is 28.3. The van der Waals surface area contributed by atoms with Gasteiger partial charge < -0.3 is 0 Å². The summed E-state index contributed by atoms with van der Waals surface area (Å²) in [5.74, 6) is 0. The molecule has 1 rings (SSSR count). The van der Waals surface area contributed by atoms with Crippen molar-refractivity contribution >= 4 is 14.0 Å². The lowest BCUT2D eigenvalue weighted by Crippen LogP contribution is -2.51. The molecule has 0 aliphatic rings. The Bertz CT molecular complexity index is 373. The Hall–Kier alpha value is -0.903. The maximum Gasteiger partial charge on any atom is 0.114 e. The van der Waals surface area contributed by atoms with Gasteiger partial charge >= 0.3 is 0 Å². The van der Waals surface area contributed by atoms with Crippen molar-refractivity contribution in [2.75, 3.05) is 26.2 Å². The maximum atomic E-state index is 4.12. The van der Waals surface area contributed by atoms with Gasteiger partial charge in [0.1, 0.15) is 8.80 Å². The molecule has 1 radical (unpaired) electrons. The predicted molar refractivity (Wildman–Crippen MR) is 96.5 cm³/mol. The van der Waals surface area contributed by atoms with Gasteiger partial charge in [-0.1, -0.05) is 68.9 Å². The van der Waals surface area contributed by atoms with E-state index in [2.05, 4.69) is 80.1 Å². The van der Waals surface area contributed by atoms with E-state index in [-0.39, 0.29) is 0 Å².